The summed E-state index contributed by atoms with van der Waals surface area (Å²) in [4.78, 5) is 13.1. The van der Waals surface area contributed by atoms with E-state index in [9.17, 15) is 9.90 Å². The number of phenolic OH excluding ortho intramolecular Hbond substituents is 1. The minimum Gasteiger partial charge on any atom is -0.507 e. The molecule has 1 N–H and O–H groups in total. The van der Waals surface area contributed by atoms with Gasteiger partial charge in [0.2, 0.25) is 0 Å². The summed E-state index contributed by atoms with van der Waals surface area (Å²) in [5, 5.41) is 11.2. The van der Waals surface area contributed by atoms with Crippen molar-refractivity contribution in [1.82, 2.24) is 0 Å². The topological polar surface area (TPSA) is 59.1 Å². The number of aromatic hydroxyl groups is 1. The third-order valence-electron chi connectivity index (χ3n) is 6.99. The smallest absolute Gasteiger partial charge is 0.311 e. The summed E-state index contributed by atoms with van der Waals surface area (Å²) >= 11 is 0. The van der Waals surface area contributed by atoms with Crippen molar-refractivity contribution in [1.29, 1.82) is 0 Å². The number of unbranched alkanes of at least 4 members (excludes halogenated alkanes) is 2. The number of carbonyl (C=O) groups is 1. The first-order valence-corrected chi connectivity index (χ1v) is 12.6. The van der Waals surface area contributed by atoms with Gasteiger partial charge in [-0.2, -0.15) is 0 Å². The Morgan fingerprint density at radius 2 is 2.03 bits per heavy atom. The van der Waals surface area contributed by atoms with Gasteiger partial charge < -0.3 is 14.6 Å². The van der Waals surface area contributed by atoms with E-state index in [-0.39, 0.29) is 35.1 Å². The second-order valence-electron chi connectivity index (χ2n) is 11.0. The van der Waals surface area contributed by atoms with Crippen LogP contribution in [-0.2, 0) is 16.0 Å². The first-order chi connectivity index (χ1) is 15.6. The average Bonchev–Trinajstić information content (AvgIpc) is 3.50. The fourth-order valence-electron chi connectivity index (χ4n) is 5.14. The molecule has 0 bridgehead atoms. The summed E-state index contributed by atoms with van der Waals surface area (Å²) in [6.45, 7) is 15.5. The highest BCUT2D eigenvalue weighted by atomic mass is 16.6. The van der Waals surface area contributed by atoms with E-state index in [0.29, 0.717) is 12.2 Å². The molecule has 4 nitrogen and oxygen atoms in total. The van der Waals surface area contributed by atoms with E-state index < -0.39 is 0 Å². The standard InChI is InChI=1S/C29H42O4/c1-7-8-9-10-21-14-25(30)28(24-13-20(4)11-12-23(24)19(2)3)26(15-21)33-27(31)17-29(5,6)16-22-18-32-22/h13-15,22-24,30H,2,7-12,16-18H2,1,3-6H3/t22?,23-,24+/m0/s1. The third-order valence-corrected chi connectivity index (χ3v) is 6.99. The van der Waals surface area contributed by atoms with Crippen LogP contribution in [0.15, 0.2) is 35.9 Å². The van der Waals surface area contributed by atoms with Gasteiger partial charge in [0.25, 0.3) is 0 Å². The van der Waals surface area contributed by atoms with Crippen LogP contribution in [0.25, 0.3) is 0 Å². The fourth-order valence-corrected chi connectivity index (χ4v) is 5.14. The first kappa shape index (κ1) is 25.6. The molecule has 0 radical (unpaired) electrons. The summed E-state index contributed by atoms with van der Waals surface area (Å²) in [5.74, 6) is 0.644. The number of benzene rings is 1. The molecule has 0 spiro atoms. The molecule has 1 heterocycles. The number of phenols is 1. The van der Waals surface area contributed by atoms with E-state index >= 15 is 0 Å². The normalized spacial score (nSPS) is 22.6. The Kier molecular flexibility index (Phi) is 8.44. The quantitative estimate of drug-likeness (QED) is 0.126. The second kappa shape index (κ2) is 10.9. The van der Waals surface area contributed by atoms with Crippen LogP contribution in [0.5, 0.6) is 11.5 Å². The molecule has 0 aromatic heterocycles. The van der Waals surface area contributed by atoms with Gasteiger partial charge in [0.05, 0.1) is 19.1 Å². The van der Waals surface area contributed by atoms with Gasteiger partial charge in [-0.05, 0) is 75.0 Å². The number of hydrogen-bond donors (Lipinski definition) is 1. The van der Waals surface area contributed by atoms with Gasteiger partial charge in [-0.1, -0.05) is 57.4 Å². The summed E-state index contributed by atoms with van der Waals surface area (Å²) in [5.41, 5.74) is 3.94. The van der Waals surface area contributed by atoms with Gasteiger partial charge in [-0.25, -0.2) is 0 Å². The van der Waals surface area contributed by atoms with Crippen LogP contribution < -0.4 is 4.74 Å². The number of hydrogen-bond acceptors (Lipinski definition) is 4. The number of aryl methyl sites for hydroxylation is 1. The van der Waals surface area contributed by atoms with Gasteiger partial charge in [0.15, 0.2) is 0 Å². The van der Waals surface area contributed by atoms with Crippen molar-refractivity contribution >= 4 is 5.97 Å². The molecule has 1 aliphatic heterocycles. The molecule has 1 unspecified atom stereocenters. The van der Waals surface area contributed by atoms with Gasteiger partial charge in [-0.15, -0.1) is 0 Å². The number of esters is 1. The largest absolute Gasteiger partial charge is 0.507 e. The lowest BCUT2D eigenvalue weighted by molar-refractivity contribution is -0.136. The lowest BCUT2D eigenvalue weighted by atomic mass is 9.73. The minimum absolute atomic E-state index is 0.0448. The Morgan fingerprint density at radius 3 is 2.67 bits per heavy atom. The van der Waals surface area contributed by atoms with Crippen molar-refractivity contribution in [2.75, 3.05) is 6.61 Å². The molecule has 0 saturated carbocycles. The number of rotatable bonds is 11. The molecule has 4 heteroatoms. The zero-order valence-corrected chi connectivity index (χ0v) is 21.2. The molecule has 182 valence electrons. The summed E-state index contributed by atoms with van der Waals surface area (Å²) < 4.78 is 11.4. The predicted octanol–water partition coefficient (Wildman–Crippen LogP) is 7.25. The van der Waals surface area contributed by atoms with Crippen LogP contribution in [0.1, 0.15) is 96.6 Å². The van der Waals surface area contributed by atoms with Crippen LogP contribution in [0.3, 0.4) is 0 Å². The first-order valence-electron chi connectivity index (χ1n) is 12.6. The molecule has 1 aromatic carbocycles. The number of allylic oxidation sites excluding steroid dienone is 3. The van der Waals surface area contributed by atoms with Crippen LogP contribution in [0, 0.1) is 11.3 Å². The van der Waals surface area contributed by atoms with Crippen LogP contribution >= 0.6 is 0 Å². The molecule has 33 heavy (non-hydrogen) atoms. The van der Waals surface area contributed by atoms with Crippen molar-refractivity contribution in [2.24, 2.45) is 11.3 Å². The molecular formula is C29H42O4. The van der Waals surface area contributed by atoms with Crippen molar-refractivity contribution < 1.29 is 19.4 Å². The van der Waals surface area contributed by atoms with Gasteiger partial charge >= 0.3 is 5.97 Å². The summed E-state index contributed by atoms with van der Waals surface area (Å²) in [6.07, 6.45) is 9.85. The average molecular weight is 455 g/mol. The number of carbonyl (C=O) groups excluding carboxylic acids is 1. The van der Waals surface area contributed by atoms with E-state index in [1.54, 1.807) is 0 Å². The minimum atomic E-state index is -0.254. The van der Waals surface area contributed by atoms with Gasteiger partial charge in [0, 0.05) is 11.5 Å². The maximum Gasteiger partial charge on any atom is 0.311 e. The lowest BCUT2D eigenvalue weighted by Gasteiger charge is -2.32. The zero-order chi connectivity index (χ0) is 24.2. The molecule has 3 rings (SSSR count). The Morgan fingerprint density at radius 1 is 1.30 bits per heavy atom. The van der Waals surface area contributed by atoms with Crippen molar-refractivity contribution in [3.8, 4) is 11.5 Å². The Hall–Kier alpha value is -2.07. The summed E-state index contributed by atoms with van der Waals surface area (Å²) in [7, 11) is 0. The lowest BCUT2D eigenvalue weighted by Crippen LogP contribution is -2.24. The van der Waals surface area contributed by atoms with E-state index in [1.807, 2.05) is 12.1 Å². The van der Waals surface area contributed by atoms with Crippen molar-refractivity contribution in [2.45, 2.75) is 98.0 Å². The van der Waals surface area contributed by atoms with Crippen LogP contribution in [0.2, 0.25) is 0 Å². The second-order valence-corrected chi connectivity index (χ2v) is 11.0. The van der Waals surface area contributed by atoms with E-state index in [1.165, 1.54) is 5.57 Å². The molecular weight excluding hydrogens is 412 g/mol. The van der Waals surface area contributed by atoms with Crippen LogP contribution in [0.4, 0.5) is 0 Å². The fraction of sp³-hybridized carbons (Fsp3) is 0.621. The zero-order valence-electron chi connectivity index (χ0n) is 21.2. The third kappa shape index (κ3) is 7.20. The number of ether oxygens (including phenoxy) is 2. The Labute approximate surface area is 200 Å². The molecule has 3 atom stereocenters. The van der Waals surface area contributed by atoms with Gasteiger partial charge in [-0.3, -0.25) is 4.79 Å². The Bertz CT molecular complexity index is 891. The Balaban J connectivity index is 1.92. The predicted molar refractivity (Wildman–Crippen MR) is 134 cm³/mol. The molecule has 1 aliphatic carbocycles. The highest BCUT2D eigenvalue weighted by Gasteiger charge is 2.35. The van der Waals surface area contributed by atoms with Crippen molar-refractivity contribution in [3.63, 3.8) is 0 Å². The molecule has 1 aromatic rings. The monoisotopic (exact) mass is 454 g/mol. The number of epoxide rings is 1. The van der Waals surface area contributed by atoms with E-state index in [0.717, 1.165) is 68.3 Å². The van der Waals surface area contributed by atoms with E-state index in [4.69, 9.17) is 9.47 Å². The molecule has 1 saturated heterocycles. The highest BCUT2D eigenvalue weighted by Crippen LogP contribution is 2.47. The molecule has 0 amide bonds. The maximum absolute atomic E-state index is 13.1. The SMILES string of the molecule is C=C(C)[C@@H]1CCC(C)=C[C@H]1c1c(O)cc(CCCCC)cc1OC(=O)CC(C)(C)CC1CO1. The summed E-state index contributed by atoms with van der Waals surface area (Å²) in [6, 6.07) is 3.84. The van der Waals surface area contributed by atoms with Crippen molar-refractivity contribution in [3.05, 3.63) is 47.1 Å². The van der Waals surface area contributed by atoms with Crippen LogP contribution in [-0.4, -0.2) is 23.8 Å². The van der Waals surface area contributed by atoms with E-state index in [2.05, 4.69) is 47.3 Å². The van der Waals surface area contributed by atoms with Gasteiger partial charge in [0.1, 0.15) is 11.5 Å². The highest BCUT2D eigenvalue weighted by molar-refractivity contribution is 5.74. The molecule has 1 fully saturated rings. The maximum atomic E-state index is 13.1. The molecule has 2 aliphatic rings.